The first-order valence-corrected chi connectivity index (χ1v) is 5.47. The minimum Gasteiger partial charge on any atom is -0.481 e. The normalized spacial score (nSPS) is 25.1. The summed E-state index contributed by atoms with van der Waals surface area (Å²) in [5.41, 5.74) is 0.774. The average Bonchev–Trinajstić information content (AvgIpc) is 2.68. The van der Waals surface area contributed by atoms with Crippen molar-refractivity contribution in [3.8, 4) is 0 Å². The Kier molecular flexibility index (Phi) is 2.87. The lowest BCUT2D eigenvalue weighted by Gasteiger charge is -2.36. The standard InChI is InChI=1S/C11H15N3O3/c1-13-6-7(5-12-13)10-8(11(16)17)3-4-9(15)14(10)2/h5-6,8,10H,3-4H2,1-2H3,(H,16,17)/t8-,10-/m1/s1. The lowest BCUT2D eigenvalue weighted by atomic mass is 9.86. The number of aliphatic carboxylic acids is 1. The molecule has 0 bridgehead atoms. The van der Waals surface area contributed by atoms with Crippen LogP contribution in [0.4, 0.5) is 0 Å². The number of aryl methyl sites for hydroxylation is 1. The van der Waals surface area contributed by atoms with Crippen LogP contribution in [0.25, 0.3) is 0 Å². The van der Waals surface area contributed by atoms with Gasteiger partial charge in [-0.3, -0.25) is 14.3 Å². The van der Waals surface area contributed by atoms with Gasteiger partial charge in [-0.25, -0.2) is 0 Å². The van der Waals surface area contributed by atoms with Gasteiger partial charge in [-0.05, 0) is 6.42 Å². The van der Waals surface area contributed by atoms with E-state index in [-0.39, 0.29) is 5.91 Å². The fourth-order valence-corrected chi connectivity index (χ4v) is 2.35. The lowest BCUT2D eigenvalue weighted by molar-refractivity contribution is -0.150. The van der Waals surface area contributed by atoms with Crippen LogP contribution in [0.3, 0.4) is 0 Å². The van der Waals surface area contributed by atoms with Crippen molar-refractivity contribution in [3.05, 3.63) is 18.0 Å². The van der Waals surface area contributed by atoms with E-state index >= 15 is 0 Å². The maximum absolute atomic E-state index is 11.7. The number of carboxylic acid groups (broad SMARTS) is 1. The number of carbonyl (C=O) groups excluding carboxylic acids is 1. The van der Waals surface area contributed by atoms with Gasteiger partial charge in [0.1, 0.15) is 0 Å². The summed E-state index contributed by atoms with van der Waals surface area (Å²) in [6.45, 7) is 0. The number of rotatable bonds is 2. The summed E-state index contributed by atoms with van der Waals surface area (Å²) in [4.78, 5) is 24.4. The van der Waals surface area contributed by atoms with Crippen molar-refractivity contribution in [2.45, 2.75) is 18.9 Å². The van der Waals surface area contributed by atoms with E-state index in [0.717, 1.165) is 5.56 Å². The molecule has 1 fully saturated rings. The van der Waals surface area contributed by atoms with E-state index in [0.29, 0.717) is 12.8 Å². The Labute approximate surface area is 98.8 Å². The van der Waals surface area contributed by atoms with E-state index in [9.17, 15) is 14.7 Å². The number of hydrogen-bond acceptors (Lipinski definition) is 3. The maximum Gasteiger partial charge on any atom is 0.308 e. The summed E-state index contributed by atoms with van der Waals surface area (Å²) in [6.07, 6.45) is 4.06. The number of carbonyl (C=O) groups is 2. The zero-order valence-corrected chi connectivity index (χ0v) is 9.83. The molecule has 1 saturated heterocycles. The Morgan fingerprint density at radius 3 is 2.76 bits per heavy atom. The molecule has 1 amide bonds. The van der Waals surface area contributed by atoms with Crippen LogP contribution in [-0.2, 0) is 16.6 Å². The van der Waals surface area contributed by atoms with Gasteiger partial charge >= 0.3 is 5.97 Å². The molecule has 6 heteroatoms. The van der Waals surface area contributed by atoms with E-state index in [1.807, 2.05) is 0 Å². The van der Waals surface area contributed by atoms with Crippen LogP contribution in [0.5, 0.6) is 0 Å². The predicted molar refractivity (Wildman–Crippen MR) is 59.1 cm³/mol. The summed E-state index contributed by atoms with van der Waals surface area (Å²) in [5.74, 6) is -1.43. The van der Waals surface area contributed by atoms with Crippen molar-refractivity contribution < 1.29 is 14.7 Å². The van der Waals surface area contributed by atoms with Gasteiger partial charge in [0.15, 0.2) is 0 Å². The highest BCUT2D eigenvalue weighted by Crippen LogP contribution is 2.35. The second-order valence-corrected chi connectivity index (χ2v) is 4.38. The van der Waals surface area contributed by atoms with Gasteiger partial charge in [0.2, 0.25) is 5.91 Å². The van der Waals surface area contributed by atoms with Crippen molar-refractivity contribution >= 4 is 11.9 Å². The molecule has 6 nitrogen and oxygen atoms in total. The summed E-state index contributed by atoms with van der Waals surface area (Å²) >= 11 is 0. The van der Waals surface area contributed by atoms with E-state index < -0.39 is 17.9 Å². The molecule has 1 aromatic rings. The molecule has 1 aliphatic rings. The molecule has 1 aliphatic heterocycles. The Hall–Kier alpha value is -1.85. The van der Waals surface area contributed by atoms with Crippen molar-refractivity contribution in [1.29, 1.82) is 0 Å². The minimum atomic E-state index is -0.863. The fourth-order valence-electron chi connectivity index (χ4n) is 2.35. The minimum absolute atomic E-state index is 0.0173. The third kappa shape index (κ3) is 2.02. The molecule has 1 N–H and O–H groups in total. The SMILES string of the molecule is CN1C(=O)CC[C@@H](C(=O)O)[C@H]1c1cnn(C)c1. The molecule has 0 saturated carbocycles. The zero-order chi connectivity index (χ0) is 12.6. The highest BCUT2D eigenvalue weighted by molar-refractivity contribution is 5.81. The number of likely N-dealkylation sites (tertiary alicyclic amines) is 1. The summed E-state index contributed by atoms with van der Waals surface area (Å²) in [7, 11) is 3.42. The number of amides is 1. The second kappa shape index (κ2) is 4.20. The summed E-state index contributed by atoms with van der Waals surface area (Å²) in [6, 6.07) is -0.414. The number of carboxylic acids is 1. The van der Waals surface area contributed by atoms with Crippen LogP contribution in [0.2, 0.25) is 0 Å². The second-order valence-electron chi connectivity index (χ2n) is 4.38. The van der Waals surface area contributed by atoms with Crippen molar-refractivity contribution in [1.82, 2.24) is 14.7 Å². The maximum atomic E-state index is 11.7. The molecule has 0 aliphatic carbocycles. The summed E-state index contributed by atoms with van der Waals surface area (Å²) in [5, 5.41) is 13.2. The smallest absolute Gasteiger partial charge is 0.308 e. The third-order valence-corrected chi connectivity index (χ3v) is 3.24. The molecule has 92 valence electrons. The van der Waals surface area contributed by atoms with Crippen LogP contribution in [-0.4, -0.2) is 38.7 Å². The Balaban J connectivity index is 2.36. The number of nitrogens with zero attached hydrogens (tertiary/aromatic N) is 3. The quantitative estimate of drug-likeness (QED) is 0.808. The van der Waals surface area contributed by atoms with Gasteiger partial charge < -0.3 is 10.0 Å². The van der Waals surface area contributed by atoms with E-state index in [1.54, 1.807) is 31.2 Å². The zero-order valence-electron chi connectivity index (χ0n) is 9.83. The number of piperidine rings is 1. The predicted octanol–water partition coefficient (Wildman–Crippen LogP) is 0.414. The fraction of sp³-hybridized carbons (Fsp3) is 0.545. The van der Waals surface area contributed by atoms with Gasteiger partial charge in [0.05, 0.1) is 18.2 Å². The molecule has 0 spiro atoms. The monoisotopic (exact) mass is 237 g/mol. The molecule has 0 aromatic carbocycles. The largest absolute Gasteiger partial charge is 0.481 e. The molecule has 0 unspecified atom stereocenters. The highest BCUT2D eigenvalue weighted by atomic mass is 16.4. The molecular formula is C11H15N3O3. The molecule has 1 aromatic heterocycles. The van der Waals surface area contributed by atoms with E-state index in [4.69, 9.17) is 0 Å². The van der Waals surface area contributed by atoms with Gasteiger partial charge in [0, 0.05) is 32.3 Å². The van der Waals surface area contributed by atoms with Gasteiger partial charge in [-0.15, -0.1) is 0 Å². The lowest BCUT2D eigenvalue weighted by Crippen LogP contribution is -2.42. The number of hydrogen-bond donors (Lipinski definition) is 1. The first-order valence-electron chi connectivity index (χ1n) is 5.47. The molecular weight excluding hydrogens is 222 g/mol. The van der Waals surface area contributed by atoms with Gasteiger partial charge in [-0.2, -0.15) is 5.10 Å². The van der Waals surface area contributed by atoms with Crippen molar-refractivity contribution in [2.24, 2.45) is 13.0 Å². The van der Waals surface area contributed by atoms with Crippen LogP contribution < -0.4 is 0 Å². The Morgan fingerprint density at radius 1 is 1.53 bits per heavy atom. The Bertz CT molecular complexity index is 455. The van der Waals surface area contributed by atoms with Gasteiger partial charge in [-0.1, -0.05) is 0 Å². The first kappa shape index (κ1) is 11.6. The van der Waals surface area contributed by atoms with Crippen molar-refractivity contribution in [2.75, 3.05) is 7.05 Å². The van der Waals surface area contributed by atoms with Crippen LogP contribution in [0.15, 0.2) is 12.4 Å². The molecule has 2 heterocycles. The van der Waals surface area contributed by atoms with Crippen LogP contribution in [0.1, 0.15) is 24.4 Å². The Morgan fingerprint density at radius 2 is 2.24 bits per heavy atom. The van der Waals surface area contributed by atoms with E-state index in [2.05, 4.69) is 5.10 Å². The van der Waals surface area contributed by atoms with Crippen LogP contribution in [0, 0.1) is 5.92 Å². The third-order valence-electron chi connectivity index (χ3n) is 3.24. The summed E-state index contributed by atoms with van der Waals surface area (Å²) < 4.78 is 1.61. The highest BCUT2D eigenvalue weighted by Gasteiger charge is 2.39. The molecule has 2 atom stereocenters. The average molecular weight is 237 g/mol. The first-order chi connectivity index (χ1) is 8.00. The number of aromatic nitrogens is 2. The molecule has 2 rings (SSSR count). The van der Waals surface area contributed by atoms with Crippen molar-refractivity contribution in [3.63, 3.8) is 0 Å². The molecule has 0 radical (unpaired) electrons. The topological polar surface area (TPSA) is 75.4 Å². The van der Waals surface area contributed by atoms with E-state index in [1.165, 1.54) is 4.90 Å². The molecule has 17 heavy (non-hydrogen) atoms. The van der Waals surface area contributed by atoms with Crippen LogP contribution >= 0.6 is 0 Å². The van der Waals surface area contributed by atoms with Gasteiger partial charge in [0.25, 0.3) is 0 Å².